The first kappa shape index (κ1) is 12.4. The molecule has 0 aliphatic carbocycles. The summed E-state index contributed by atoms with van der Waals surface area (Å²) in [6.45, 7) is 3.94. The zero-order chi connectivity index (χ0) is 12.8. The first-order valence-corrected chi connectivity index (χ1v) is 6.15. The van der Waals surface area contributed by atoms with Crippen molar-refractivity contribution >= 4 is 11.5 Å². The number of rotatable bonds is 5. The van der Waals surface area contributed by atoms with E-state index in [1.807, 2.05) is 24.3 Å². The van der Waals surface area contributed by atoms with Gasteiger partial charge in [-0.05, 0) is 30.2 Å². The first-order valence-electron chi connectivity index (χ1n) is 6.15. The minimum absolute atomic E-state index is 0.798. The molecule has 94 valence electrons. The monoisotopic (exact) mass is 242 g/mol. The summed E-state index contributed by atoms with van der Waals surface area (Å²) in [4.78, 5) is 10.5. The highest BCUT2D eigenvalue weighted by atomic mass is 15.2. The molecule has 4 nitrogen and oxygen atoms in total. The molecule has 1 aromatic heterocycles. The van der Waals surface area contributed by atoms with Gasteiger partial charge in [0.15, 0.2) is 0 Å². The molecule has 0 fully saturated rings. The topological polar surface area (TPSA) is 55.0 Å². The SMILES string of the molecule is CCCN(Cc1cccc(N)c1)c1ccncn1. The smallest absolute Gasteiger partial charge is 0.132 e. The van der Waals surface area contributed by atoms with Crippen molar-refractivity contribution in [3.05, 3.63) is 48.4 Å². The Balaban J connectivity index is 2.16. The van der Waals surface area contributed by atoms with E-state index >= 15 is 0 Å². The fraction of sp³-hybridized carbons (Fsp3) is 0.286. The number of benzene rings is 1. The number of nitrogen functional groups attached to an aromatic ring is 1. The molecule has 0 atom stereocenters. The van der Waals surface area contributed by atoms with E-state index in [9.17, 15) is 0 Å². The van der Waals surface area contributed by atoms with Crippen molar-refractivity contribution < 1.29 is 0 Å². The van der Waals surface area contributed by atoms with Crippen LogP contribution in [0.25, 0.3) is 0 Å². The predicted molar refractivity (Wildman–Crippen MR) is 74.2 cm³/mol. The van der Waals surface area contributed by atoms with Crippen LogP contribution in [-0.4, -0.2) is 16.5 Å². The minimum Gasteiger partial charge on any atom is -0.399 e. The highest BCUT2D eigenvalue weighted by molar-refractivity contribution is 5.43. The van der Waals surface area contributed by atoms with Crippen molar-refractivity contribution in [1.82, 2.24) is 9.97 Å². The zero-order valence-electron chi connectivity index (χ0n) is 10.6. The van der Waals surface area contributed by atoms with Gasteiger partial charge in [-0.25, -0.2) is 9.97 Å². The van der Waals surface area contributed by atoms with Crippen LogP contribution in [0, 0.1) is 0 Å². The van der Waals surface area contributed by atoms with Gasteiger partial charge in [-0.2, -0.15) is 0 Å². The van der Waals surface area contributed by atoms with Crippen LogP contribution in [0.5, 0.6) is 0 Å². The quantitative estimate of drug-likeness (QED) is 0.818. The van der Waals surface area contributed by atoms with Crippen LogP contribution in [0.3, 0.4) is 0 Å². The molecule has 0 unspecified atom stereocenters. The normalized spacial score (nSPS) is 10.3. The average molecular weight is 242 g/mol. The van der Waals surface area contributed by atoms with Gasteiger partial charge in [0.1, 0.15) is 12.1 Å². The van der Waals surface area contributed by atoms with Gasteiger partial charge in [0.25, 0.3) is 0 Å². The third-order valence-electron chi connectivity index (χ3n) is 2.71. The lowest BCUT2D eigenvalue weighted by atomic mass is 10.2. The Morgan fingerprint density at radius 1 is 1.28 bits per heavy atom. The van der Waals surface area contributed by atoms with E-state index < -0.39 is 0 Å². The van der Waals surface area contributed by atoms with E-state index in [-0.39, 0.29) is 0 Å². The van der Waals surface area contributed by atoms with E-state index in [0.29, 0.717) is 0 Å². The van der Waals surface area contributed by atoms with Crippen molar-refractivity contribution in [2.75, 3.05) is 17.2 Å². The molecule has 18 heavy (non-hydrogen) atoms. The van der Waals surface area contributed by atoms with E-state index in [0.717, 1.165) is 31.0 Å². The summed E-state index contributed by atoms with van der Waals surface area (Å²) in [5.41, 5.74) is 7.80. The fourth-order valence-corrected chi connectivity index (χ4v) is 1.93. The molecule has 2 N–H and O–H groups in total. The Kier molecular flexibility index (Phi) is 4.12. The van der Waals surface area contributed by atoms with Crippen LogP contribution in [0.4, 0.5) is 11.5 Å². The molecule has 0 bridgehead atoms. The van der Waals surface area contributed by atoms with Gasteiger partial charge in [-0.15, -0.1) is 0 Å². The van der Waals surface area contributed by atoms with Gasteiger partial charge in [0.05, 0.1) is 0 Å². The Morgan fingerprint density at radius 3 is 2.83 bits per heavy atom. The molecule has 0 spiro atoms. The van der Waals surface area contributed by atoms with Crippen molar-refractivity contribution in [1.29, 1.82) is 0 Å². The van der Waals surface area contributed by atoms with Crippen LogP contribution >= 0.6 is 0 Å². The third kappa shape index (κ3) is 3.20. The molecule has 0 radical (unpaired) electrons. The summed E-state index contributed by atoms with van der Waals surface area (Å²) in [5.74, 6) is 0.953. The Bertz CT molecular complexity index is 484. The van der Waals surface area contributed by atoms with Crippen molar-refractivity contribution in [3.8, 4) is 0 Å². The van der Waals surface area contributed by atoms with Crippen molar-refractivity contribution in [2.24, 2.45) is 0 Å². The fourth-order valence-electron chi connectivity index (χ4n) is 1.93. The maximum Gasteiger partial charge on any atom is 0.132 e. The second-order valence-electron chi connectivity index (χ2n) is 4.23. The second-order valence-corrected chi connectivity index (χ2v) is 4.23. The van der Waals surface area contributed by atoms with E-state index in [4.69, 9.17) is 5.73 Å². The van der Waals surface area contributed by atoms with Gasteiger partial charge in [-0.1, -0.05) is 19.1 Å². The molecule has 0 saturated heterocycles. The third-order valence-corrected chi connectivity index (χ3v) is 2.71. The molecule has 0 aliphatic rings. The van der Waals surface area contributed by atoms with Crippen LogP contribution < -0.4 is 10.6 Å². The van der Waals surface area contributed by atoms with Crippen LogP contribution in [-0.2, 0) is 6.54 Å². The van der Waals surface area contributed by atoms with Crippen molar-refractivity contribution in [2.45, 2.75) is 19.9 Å². The molecule has 2 rings (SSSR count). The highest BCUT2D eigenvalue weighted by Gasteiger charge is 2.07. The van der Waals surface area contributed by atoms with Crippen LogP contribution in [0.2, 0.25) is 0 Å². The molecule has 0 amide bonds. The summed E-state index contributed by atoms with van der Waals surface area (Å²) in [7, 11) is 0. The van der Waals surface area contributed by atoms with Gasteiger partial charge in [0, 0.05) is 25.0 Å². The second kappa shape index (κ2) is 6.00. The van der Waals surface area contributed by atoms with E-state index in [1.165, 1.54) is 5.56 Å². The molecule has 0 saturated carbocycles. The standard InChI is InChI=1S/C14H18N4/c1-2-8-18(14-6-7-16-11-17-14)10-12-4-3-5-13(15)9-12/h3-7,9,11H,2,8,10,15H2,1H3. The number of hydrogen-bond donors (Lipinski definition) is 1. The molecular formula is C14H18N4. The highest BCUT2D eigenvalue weighted by Crippen LogP contribution is 2.15. The molecule has 4 heteroatoms. The molecule has 1 aromatic carbocycles. The molecular weight excluding hydrogens is 224 g/mol. The summed E-state index contributed by atoms with van der Waals surface area (Å²) in [5, 5.41) is 0. The lowest BCUT2D eigenvalue weighted by Gasteiger charge is -2.23. The summed E-state index contributed by atoms with van der Waals surface area (Å²) in [6, 6.07) is 9.90. The average Bonchev–Trinajstić information content (AvgIpc) is 2.39. The summed E-state index contributed by atoms with van der Waals surface area (Å²) < 4.78 is 0. The molecule has 1 heterocycles. The van der Waals surface area contributed by atoms with Crippen LogP contribution in [0.1, 0.15) is 18.9 Å². The first-order chi connectivity index (χ1) is 8.79. The number of anilines is 2. The maximum absolute atomic E-state index is 5.80. The molecule has 2 aromatic rings. The number of nitrogens with two attached hydrogens (primary N) is 1. The van der Waals surface area contributed by atoms with Gasteiger partial charge >= 0.3 is 0 Å². The zero-order valence-corrected chi connectivity index (χ0v) is 10.6. The Morgan fingerprint density at radius 2 is 2.17 bits per heavy atom. The number of aromatic nitrogens is 2. The number of nitrogens with zero attached hydrogens (tertiary/aromatic N) is 3. The Labute approximate surface area is 107 Å². The van der Waals surface area contributed by atoms with E-state index in [1.54, 1.807) is 12.5 Å². The maximum atomic E-state index is 5.80. The lowest BCUT2D eigenvalue weighted by Crippen LogP contribution is -2.24. The summed E-state index contributed by atoms with van der Waals surface area (Å²) >= 11 is 0. The Hall–Kier alpha value is -2.10. The van der Waals surface area contributed by atoms with Gasteiger partial charge in [0.2, 0.25) is 0 Å². The van der Waals surface area contributed by atoms with Crippen molar-refractivity contribution in [3.63, 3.8) is 0 Å². The van der Waals surface area contributed by atoms with Gasteiger partial charge < -0.3 is 10.6 Å². The number of hydrogen-bond acceptors (Lipinski definition) is 4. The molecule has 0 aliphatic heterocycles. The largest absolute Gasteiger partial charge is 0.399 e. The van der Waals surface area contributed by atoms with Gasteiger partial charge in [-0.3, -0.25) is 0 Å². The summed E-state index contributed by atoms with van der Waals surface area (Å²) in [6.07, 6.45) is 4.42. The predicted octanol–water partition coefficient (Wildman–Crippen LogP) is 2.48. The lowest BCUT2D eigenvalue weighted by molar-refractivity contribution is 0.753. The van der Waals surface area contributed by atoms with E-state index in [2.05, 4.69) is 27.9 Å². The minimum atomic E-state index is 0.798. The van der Waals surface area contributed by atoms with Crippen LogP contribution in [0.15, 0.2) is 42.9 Å².